The molecular formula is C12H15NO4. The van der Waals surface area contributed by atoms with Crippen molar-refractivity contribution in [2.75, 3.05) is 18.9 Å². The number of aromatic hydroxyl groups is 1. The highest BCUT2D eigenvalue weighted by molar-refractivity contribution is 5.91. The molecule has 0 aromatic heterocycles. The number of anilines is 1. The van der Waals surface area contributed by atoms with Gasteiger partial charge in [0.1, 0.15) is 12.4 Å². The van der Waals surface area contributed by atoms with Gasteiger partial charge in [0.25, 0.3) is 0 Å². The van der Waals surface area contributed by atoms with Gasteiger partial charge in [0.2, 0.25) is 0 Å². The van der Waals surface area contributed by atoms with E-state index in [2.05, 4.69) is 0 Å². The van der Waals surface area contributed by atoms with Crippen molar-refractivity contribution >= 4 is 11.7 Å². The van der Waals surface area contributed by atoms with Crippen molar-refractivity contribution in [1.82, 2.24) is 0 Å². The maximum Gasteiger partial charge on any atom is 0.338 e. The molecule has 1 aromatic rings. The topological polar surface area (TPSA) is 81.8 Å². The Morgan fingerprint density at radius 2 is 2.41 bits per heavy atom. The number of carbonyl (C=O) groups is 1. The average molecular weight is 237 g/mol. The molecule has 0 amide bonds. The molecule has 0 aliphatic carbocycles. The van der Waals surface area contributed by atoms with Crippen LogP contribution in [0.4, 0.5) is 5.69 Å². The predicted octanol–water partition coefficient (Wildman–Crippen LogP) is 1.31. The van der Waals surface area contributed by atoms with Crippen molar-refractivity contribution in [2.45, 2.75) is 18.9 Å². The number of ether oxygens (including phenoxy) is 2. The maximum atomic E-state index is 11.6. The minimum Gasteiger partial charge on any atom is -0.506 e. The molecule has 1 heterocycles. The third-order valence-corrected chi connectivity index (χ3v) is 2.69. The van der Waals surface area contributed by atoms with Crippen LogP contribution in [0.3, 0.4) is 0 Å². The van der Waals surface area contributed by atoms with E-state index in [0.717, 1.165) is 19.4 Å². The molecule has 1 aliphatic heterocycles. The minimum atomic E-state index is -0.452. The summed E-state index contributed by atoms with van der Waals surface area (Å²) in [6, 6.07) is 4.24. The molecule has 0 radical (unpaired) electrons. The van der Waals surface area contributed by atoms with Crippen molar-refractivity contribution in [3.05, 3.63) is 23.8 Å². The standard InChI is InChI=1S/C12H15NO4/c13-10-6-8(3-4-11(10)14)12(15)17-7-9-2-1-5-16-9/h3-4,6,9,14H,1-2,5,7,13H2. The largest absolute Gasteiger partial charge is 0.506 e. The summed E-state index contributed by atoms with van der Waals surface area (Å²) in [5.41, 5.74) is 5.99. The molecule has 1 fully saturated rings. The van der Waals surface area contributed by atoms with Crippen LogP contribution in [0.25, 0.3) is 0 Å². The van der Waals surface area contributed by atoms with Crippen LogP contribution in [-0.4, -0.2) is 30.4 Å². The number of phenolic OH excluding ortho intramolecular Hbond substituents is 1. The van der Waals surface area contributed by atoms with E-state index in [1.54, 1.807) is 0 Å². The number of nitrogen functional groups attached to an aromatic ring is 1. The maximum absolute atomic E-state index is 11.6. The summed E-state index contributed by atoms with van der Waals surface area (Å²) in [7, 11) is 0. The van der Waals surface area contributed by atoms with E-state index < -0.39 is 5.97 Å². The number of nitrogens with two attached hydrogens (primary N) is 1. The van der Waals surface area contributed by atoms with Gasteiger partial charge in [0.05, 0.1) is 17.4 Å². The zero-order chi connectivity index (χ0) is 12.3. The van der Waals surface area contributed by atoms with Crippen LogP contribution >= 0.6 is 0 Å². The van der Waals surface area contributed by atoms with E-state index >= 15 is 0 Å². The molecule has 5 nitrogen and oxygen atoms in total. The first-order valence-electron chi connectivity index (χ1n) is 5.54. The highest BCUT2D eigenvalue weighted by Gasteiger charge is 2.18. The van der Waals surface area contributed by atoms with Gasteiger partial charge in [-0.15, -0.1) is 0 Å². The number of phenols is 1. The number of hydrogen-bond donors (Lipinski definition) is 2. The Hall–Kier alpha value is -1.75. The van der Waals surface area contributed by atoms with Crippen molar-refractivity contribution in [3.63, 3.8) is 0 Å². The summed E-state index contributed by atoms with van der Waals surface area (Å²) in [6.07, 6.45) is 1.94. The van der Waals surface area contributed by atoms with Gasteiger partial charge < -0.3 is 20.3 Å². The molecule has 1 saturated heterocycles. The monoisotopic (exact) mass is 237 g/mol. The zero-order valence-corrected chi connectivity index (χ0v) is 9.39. The SMILES string of the molecule is Nc1cc(C(=O)OCC2CCCO2)ccc1O. The van der Waals surface area contributed by atoms with Crippen LogP contribution in [-0.2, 0) is 9.47 Å². The van der Waals surface area contributed by atoms with Crippen LogP contribution < -0.4 is 5.73 Å². The van der Waals surface area contributed by atoms with Crippen molar-refractivity contribution in [2.24, 2.45) is 0 Å². The van der Waals surface area contributed by atoms with Gasteiger partial charge in [-0.3, -0.25) is 0 Å². The fourth-order valence-corrected chi connectivity index (χ4v) is 1.71. The Morgan fingerprint density at radius 3 is 3.06 bits per heavy atom. The Bertz CT molecular complexity index is 413. The van der Waals surface area contributed by atoms with Gasteiger partial charge in [-0.25, -0.2) is 4.79 Å². The van der Waals surface area contributed by atoms with Gasteiger partial charge in [-0.05, 0) is 31.0 Å². The van der Waals surface area contributed by atoms with Crippen molar-refractivity contribution in [1.29, 1.82) is 0 Å². The second-order valence-electron chi connectivity index (χ2n) is 4.01. The van der Waals surface area contributed by atoms with E-state index in [4.69, 9.17) is 15.2 Å². The van der Waals surface area contributed by atoms with Gasteiger partial charge >= 0.3 is 5.97 Å². The second-order valence-corrected chi connectivity index (χ2v) is 4.01. The van der Waals surface area contributed by atoms with Crippen LogP contribution in [0.5, 0.6) is 5.75 Å². The summed E-state index contributed by atoms with van der Waals surface area (Å²) in [5, 5.41) is 9.23. The summed E-state index contributed by atoms with van der Waals surface area (Å²) < 4.78 is 10.4. The molecule has 3 N–H and O–H groups in total. The molecule has 0 spiro atoms. The first-order valence-corrected chi connectivity index (χ1v) is 5.54. The minimum absolute atomic E-state index is 0.00779. The van der Waals surface area contributed by atoms with Crippen molar-refractivity contribution in [3.8, 4) is 5.75 Å². The zero-order valence-electron chi connectivity index (χ0n) is 9.39. The normalized spacial score (nSPS) is 19.2. The number of hydrogen-bond acceptors (Lipinski definition) is 5. The summed E-state index contributed by atoms with van der Waals surface area (Å²) >= 11 is 0. The molecular weight excluding hydrogens is 222 g/mol. The van der Waals surface area contributed by atoms with E-state index in [1.165, 1.54) is 18.2 Å². The van der Waals surface area contributed by atoms with Crippen LogP contribution in [0.15, 0.2) is 18.2 Å². The number of carbonyl (C=O) groups excluding carboxylic acids is 1. The van der Waals surface area contributed by atoms with E-state index in [-0.39, 0.29) is 24.1 Å². The Balaban J connectivity index is 1.92. The van der Waals surface area contributed by atoms with Gasteiger partial charge in [0, 0.05) is 6.61 Å². The van der Waals surface area contributed by atoms with Gasteiger partial charge in [-0.2, -0.15) is 0 Å². The van der Waals surface area contributed by atoms with Crippen LogP contribution in [0.2, 0.25) is 0 Å². The Morgan fingerprint density at radius 1 is 1.59 bits per heavy atom. The molecule has 0 bridgehead atoms. The molecule has 1 atom stereocenters. The highest BCUT2D eigenvalue weighted by Crippen LogP contribution is 2.21. The van der Waals surface area contributed by atoms with Crippen LogP contribution in [0.1, 0.15) is 23.2 Å². The van der Waals surface area contributed by atoms with Gasteiger partial charge in [-0.1, -0.05) is 0 Å². The smallest absolute Gasteiger partial charge is 0.338 e. The van der Waals surface area contributed by atoms with Crippen LogP contribution in [0, 0.1) is 0 Å². The van der Waals surface area contributed by atoms with Crippen molar-refractivity contribution < 1.29 is 19.4 Å². The summed E-state index contributed by atoms with van der Waals surface area (Å²) in [6.45, 7) is 0.994. The predicted molar refractivity (Wildman–Crippen MR) is 61.8 cm³/mol. The fraction of sp³-hybridized carbons (Fsp3) is 0.417. The average Bonchev–Trinajstić information content (AvgIpc) is 2.82. The number of rotatable bonds is 3. The first kappa shape index (κ1) is 11.7. The quantitative estimate of drug-likeness (QED) is 0.470. The molecule has 1 unspecified atom stereocenters. The Labute approximate surface area is 99.1 Å². The third-order valence-electron chi connectivity index (χ3n) is 2.69. The lowest BCUT2D eigenvalue weighted by atomic mass is 10.2. The molecule has 1 aromatic carbocycles. The van der Waals surface area contributed by atoms with Gasteiger partial charge in [0.15, 0.2) is 0 Å². The second kappa shape index (κ2) is 5.05. The fourth-order valence-electron chi connectivity index (χ4n) is 1.71. The molecule has 92 valence electrons. The van der Waals surface area contributed by atoms with E-state index in [9.17, 15) is 9.90 Å². The summed E-state index contributed by atoms with van der Waals surface area (Å²) in [5.74, 6) is -0.493. The molecule has 5 heteroatoms. The van der Waals surface area contributed by atoms with E-state index in [0.29, 0.717) is 5.56 Å². The Kier molecular flexibility index (Phi) is 3.49. The summed E-state index contributed by atoms with van der Waals surface area (Å²) in [4.78, 5) is 11.6. The van der Waals surface area contributed by atoms with E-state index in [1.807, 2.05) is 0 Å². The first-order chi connectivity index (χ1) is 8.16. The lowest BCUT2D eigenvalue weighted by molar-refractivity contribution is 0.0161. The number of benzene rings is 1. The molecule has 2 rings (SSSR count). The molecule has 1 aliphatic rings. The lowest BCUT2D eigenvalue weighted by Gasteiger charge is -2.10. The molecule has 17 heavy (non-hydrogen) atoms. The number of esters is 1. The molecule has 0 saturated carbocycles. The third kappa shape index (κ3) is 2.88. The highest BCUT2D eigenvalue weighted by atomic mass is 16.6. The lowest BCUT2D eigenvalue weighted by Crippen LogP contribution is -2.17.